The highest BCUT2D eigenvalue weighted by Gasteiger charge is 2.31. The highest BCUT2D eigenvalue weighted by atomic mass is 35.5. The number of nitrogens with one attached hydrogen (secondary N) is 1. The third-order valence-electron chi connectivity index (χ3n) is 4.19. The van der Waals surface area contributed by atoms with Gasteiger partial charge in [-0.25, -0.2) is 22.3 Å². The lowest BCUT2D eigenvalue weighted by atomic mass is 10.0. The minimum absolute atomic E-state index is 0.0493. The summed E-state index contributed by atoms with van der Waals surface area (Å²) in [7, 11) is -3.82. The van der Waals surface area contributed by atoms with Crippen molar-refractivity contribution in [1.82, 2.24) is 9.62 Å². The molecule has 1 aliphatic rings. The summed E-state index contributed by atoms with van der Waals surface area (Å²) < 4.78 is 46.5. The highest BCUT2D eigenvalue weighted by Crippen LogP contribution is 2.22. The molecule has 1 saturated heterocycles. The second-order valence-corrected chi connectivity index (χ2v) is 9.85. The third-order valence-corrected chi connectivity index (χ3v) is 5.82. The maximum absolute atomic E-state index is 13.9. The summed E-state index contributed by atoms with van der Waals surface area (Å²) in [5.74, 6) is -1.22. The van der Waals surface area contributed by atoms with Gasteiger partial charge in [-0.05, 0) is 52.2 Å². The van der Waals surface area contributed by atoms with Crippen LogP contribution >= 0.6 is 11.6 Å². The van der Waals surface area contributed by atoms with Crippen molar-refractivity contribution in [3.05, 3.63) is 34.6 Å². The summed E-state index contributed by atoms with van der Waals surface area (Å²) in [5.41, 5.74) is -0.695. The van der Waals surface area contributed by atoms with E-state index < -0.39 is 33.3 Å². The Bertz CT molecular complexity index is 760. The standard InChI is InChI=1S/C18H26ClFN2O4S/c1-18(2,3)26-17(23)22-10-5-4-7-13(22)11-21-27(24,25)12-14-15(19)8-6-9-16(14)20/h6,8-9,13,21H,4-5,7,10-12H2,1-3H3. The van der Waals surface area contributed by atoms with Crippen LogP contribution in [0.2, 0.25) is 5.02 Å². The van der Waals surface area contributed by atoms with Crippen molar-refractivity contribution < 1.29 is 22.3 Å². The van der Waals surface area contributed by atoms with Crippen molar-refractivity contribution in [1.29, 1.82) is 0 Å². The van der Waals surface area contributed by atoms with Gasteiger partial charge < -0.3 is 9.64 Å². The number of hydrogen-bond donors (Lipinski definition) is 1. The van der Waals surface area contributed by atoms with E-state index in [2.05, 4.69) is 4.72 Å². The Kier molecular flexibility index (Phi) is 7.10. The van der Waals surface area contributed by atoms with Crippen molar-refractivity contribution in [2.75, 3.05) is 13.1 Å². The summed E-state index contributed by atoms with van der Waals surface area (Å²) in [6.07, 6.45) is 1.95. The second-order valence-electron chi connectivity index (χ2n) is 7.63. The van der Waals surface area contributed by atoms with Gasteiger partial charge in [-0.1, -0.05) is 17.7 Å². The summed E-state index contributed by atoms with van der Waals surface area (Å²) in [5, 5.41) is 0.0634. The molecule has 0 aromatic heterocycles. The van der Waals surface area contributed by atoms with Crippen LogP contribution in [0.5, 0.6) is 0 Å². The van der Waals surface area contributed by atoms with Crippen molar-refractivity contribution in [2.45, 2.75) is 57.4 Å². The Labute approximate surface area is 165 Å². The van der Waals surface area contributed by atoms with Crippen molar-refractivity contribution in [2.24, 2.45) is 0 Å². The first-order valence-corrected chi connectivity index (χ1v) is 10.9. The van der Waals surface area contributed by atoms with Crippen LogP contribution in [0, 0.1) is 5.82 Å². The molecule has 1 aliphatic heterocycles. The summed E-state index contributed by atoms with van der Waals surface area (Å²) in [6.45, 7) is 5.91. The highest BCUT2D eigenvalue weighted by molar-refractivity contribution is 7.88. The van der Waals surface area contributed by atoms with Gasteiger partial charge in [0.2, 0.25) is 10.0 Å². The predicted molar refractivity (Wildman–Crippen MR) is 103 cm³/mol. The van der Waals surface area contributed by atoms with Crippen LogP contribution in [-0.4, -0.2) is 44.1 Å². The van der Waals surface area contributed by atoms with Gasteiger partial charge in [0.05, 0.1) is 5.75 Å². The van der Waals surface area contributed by atoms with Crippen LogP contribution in [0.1, 0.15) is 45.6 Å². The van der Waals surface area contributed by atoms with E-state index in [1.807, 2.05) is 0 Å². The molecule has 1 N–H and O–H groups in total. The number of rotatable bonds is 5. The number of halogens is 2. The molecule has 1 fully saturated rings. The first-order chi connectivity index (χ1) is 12.5. The van der Waals surface area contributed by atoms with Gasteiger partial charge in [0.1, 0.15) is 11.4 Å². The molecule has 0 bridgehead atoms. The molecule has 0 spiro atoms. The van der Waals surface area contributed by atoms with E-state index in [-0.39, 0.29) is 23.2 Å². The first kappa shape index (κ1) is 21.9. The van der Waals surface area contributed by atoms with E-state index in [0.717, 1.165) is 12.8 Å². The largest absolute Gasteiger partial charge is 0.444 e. The Morgan fingerprint density at radius 1 is 1.37 bits per heavy atom. The molecule has 1 unspecified atom stereocenters. The number of benzene rings is 1. The van der Waals surface area contributed by atoms with Crippen LogP contribution in [0.25, 0.3) is 0 Å². The van der Waals surface area contributed by atoms with E-state index in [4.69, 9.17) is 16.3 Å². The first-order valence-electron chi connectivity index (χ1n) is 8.88. The van der Waals surface area contributed by atoms with Crippen LogP contribution in [0.15, 0.2) is 18.2 Å². The molecule has 0 saturated carbocycles. The lowest BCUT2D eigenvalue weighted by Gasteiger charge is -2.36. The molecular weight excluding hydrogens is 395 g/mol. The summed E-state index contributed by atoms with van der Waals surface area (Å²) in [4.78, 5) is 14.0. The quantitative estimate of drug-likeness (QED) is 0.788. The van der Waals surface area contributed by atoms with Crippen LogP contribution in [0.3, 0.4) is 0 Å². The molecule has 6 nitrogen and oxygen atoms in total. The predicted octanol–water partition coefficient (Wildman–Crippen LogP) is 3.69. The van der Waals surface area contributed by atoms with Crippen molar-refractivity contribution in [3.63, 3.8) is 0 Å². The molecule has 1 atom stereocenters. The lowest BCUT2D eigenvalue weighted by molar-refractivity contribution is 0.0105. The fraction of sp³-hybridized carbons (Fsp3) is 0.611. The Balaban J connectivity index is 2.03. The second kappa shape index (κ2) is 8.75. The average molecular weight is 421 g/mol. The van der Waals surface area contributed by atoms with Gasteiger partial charge in [0.15, 0.2) is 0 Å². The topological polar surface area (TPSA) is 75.7 Å². The number of carbonyl (C=O) groups excluding carboxylic acids is 1. The van der Waals surface area contributed by atoms with Crippen molar-refractivity contribution >= 4 is 27.7 Å². The van der Waals surface area contributed by atoms with Crippen LogP contribution in [0.4, 0.5) is 9.18 Å². The number of carbonyl (C=O) groups is 1. The molecule has 9 heteroatoms. The molecule has 152 valence electrons. The van der Waals surface area contributed by atoms with Gasteiger partial charge in [-0.15, -0.1) is 0 Å². The maximum Gasteiger partial charge on any atom is 0.410 e. The Morgan fingerprint density at radius 2 is 2.07 bits per heavy atom. The van der Waals surface area contributed by atoms with Gasteiger partial charge >= 0.3 is 6.09 Å². The van der Waals surface area contributed by atoms with E-state index >= 15 is 0 Å². The summed E-state index contributed by atoms with van der Waals surface area (Å²) >= 11 is 5.91. The van der Waals surface area contributed by atoms with Gasteiger partial charge in [-0.2, -0.15) is 0 Å². The minimum atomic E-state index is -3.82. The van der Waals surface area contributed by atoms with Crippen LogP contribution in [-0.2, 0) is 20.5 Å². The maximum atomic E-state index is 13.9. The SMILES string of the molecule is CC(C)(C)OC(=O)N1CCCCC1CNS(=O)(=O)Cc1c(F)cccc1Cl. The van der Waals surface area contributed by atoms with Crippen LogP contribution < -0.4 is 4.72 Å². The number of sulfonamides is 1. The van der Waals surface area contributed by atoms with Crippen molar-refractivity contribution in [3.8, 4) is 0 Å². The molecule has 1 aromatic carbocycles. The fourth-order valence-corrected chi connectivity index (χ4v) is 4.44. The fourth-order valence-electron chi connectivity index (χ4n) is 2.91. The Hall–Kier alpha value is -1.38. The molecule has 1 amide bonds. The van der Waals surface area contributed by atoms with Gasteiger partial charge in [0, 0.05) is 29.7 Å². The molecule has 1 heterocycles. The van der Waals surface area contributed by atoms with E-state index in [1.165, 1.54) is 18.2 Å². The number of amides is 1. The monoisotopic (exact) mass is 420 g/mol. The molecule has 0 radical (unpaired) electrons. The number of hydrogen-bond acceptors (Lipinski definition) is 4. The molecule has 1 aromatic rings. The zero-order valence-corrected chi connectivity index (χ0v) is 17.4. The van der Waals surface area contributed by atoms with E-state index in [9.17, 15) is 17.6 Å². The molecule has 2 rings (SSSR count). The molecule has 27 heavy (non-hydrogen) atoms. The zero-order chi connectivity index (χ0) is 20.2. The van der Waals surface area contributed by atoms with E-state index in [0.29, 0.717) is 13.0 Å². The van der Waals surface area contributed by atoms with Gasteiger partial charge in [0.25, 0.3) is 0 Å². The normalized spacial score (nSPS) is 18.4. The molecular formula is C18H26ClFN2O4S. The Morgan fingerprint density at radius 3 is 2.70 bits per heavy atom. The lowest BCUT2D eigenvalue weighted by Crippen LogP contribution is -2.50. The number of likely N-dealkylation sites (tertiary alicyclic amines) is 1. The number of ether oxygens (including phenoxy) is 1. The molecule has 0 aliphatic carbocycles. The smallest absolute Gasteiger partial charge is 0.410 e. The van der Waals surface area contributed by atoms with Gasteiger partial charge in [-0.3, -0.25) is 0 Å². The number of piperidine rings is 1. The minimum Gasteiger partial charge on any atom is -0.444 e. The number of nitrogens with zero attached hydrogens (tertiary/aromatic N) is 1. The zero-order valence-electron chi connectivity index (χ0n) is 15.8. The van der Waals surface area contributed by atoms with E-state index in [1.54, 1.807) is 25.7 Å². The average Bonchev–Trinajstić information content (AvgIpc) is 2.55. The summed E-state index contributed by atoms with van der Waals surface area (Å²) in [6, 6.07) is 3.73. The third kappa shape index (κ3) is 6.62.